The van der Waals surface area contributed by atoms with Crippen molar-refractivity contribution in [3.05, 3.63) is 29.8 Å². The van der Waals surface area contributed by atoms with Crippen molar-refractivity contribution >= 4 is 5.97 Å². The predicted molar refractivity (Wildman–Crippen MR) is 71.0 cm³/mol. The first-order valence-electron chi connectivity index (χ1n) is 6.17. The summed E-state index contributed by atoms with van der Waals surface area (Å²) in [5.74, 6) is -0.0553. The van der Waals surface area contributed by atoms with Crippen molar-refractivity contribution < 1.29 is 14.6 Å². The van der Waals surface area contributed by atoms with E-state index in [9.17, 15) is 4.79 Å². The average Bonchev–Trinajstić information content (AvgIpc) is 2.27. The number of rotatable bonds is 7. The van der Waals surface area contributed by atoms with E-state index in [0.717, 1.165) is 11.3 Å². The van der Waals surface area contributed by atoms with Crippen molar-refractivity contribution in [3.63, 3.8) is 0 Å². The van der Waals surface area contributed by atoms with Crippen molar-refractivity contribution in [3.8, 4) is 5.75 Å². The zero-order chi connectivity index (χ0) is 13.5. The maximum atomic E-state index is 11.0. The number of benzene rings is 1. The van der Waals surface area contributed by atoms with E-state index in [0.29, 0.717) is 13.0 Å². The van der Waals surface area contributed by atoms with E-state index in [1.807, 2.05) is 45.0 Å². The molecule has 0 fully saturated rings. The van der Waals surface area contributed by atoms with Crippen LogP contribution >= 0.6 is 0 Å². The molecule has 0 aromatic heterocycles. The average molecular weight is 251 g/mol. The van der Waals surface area contributed by atoms with Crippen molar-refractivity contribution in [2.24, 2.45) is 0 Å². The first-order chi connectivity index (χ1) is 8.49. The van der Waals surface area contributed by atoms with E-state index in [4.69, 9.17) is 9.84 Å². The summed E-state index contributed by atoms with van der Waals surface area (Å²) >= 11 is 0. The number of hydrogen-bond donors (Lipinski definition) is 2. The van der Waals surface area contributed by atoms with E-state index in [1.54, 1.807) is 0 Å². The third-order valence-corrected chi connectivity index (χ3v) is 2.50. The predicted octanol–water partition coefficient (Wildman–Crippen LogP) is 2.22. The van der Waals surface area contributed by atoms with Crippen LogP contribution in [0.3, 0.4) is 0 Å². The number of aliphatic carboxylic acids is 1. The van der Waals surface area contributed by atoms with Gasteiger partial charge in [-0.05, 0) is 24.6 Å². The van der Waals surface area contributed by atoms with Crippen LogP contribution in [0.2, 0.25) is 0 Å². The number of aryl methyl sites for hydroxylation is 1. The maximum absolute atomic E-state index is 11.0. The van der Waals surface area contributed by atoms with Gasteiger partial charge in [0.05, 0.1) is 6.61 Å². The second-order valence-corrected chi connectivity index (χ2v) is 4.67. The second kappa shape index (κ2) is 7.01. The molecule has 1 aromatic rings. The Morgan fingerprint density at radius 1 is 1.44 bits per heavy atom. The van der Waals surface area contributed by atoms with Crippen LogP contribution in [0.15, 0.2) is 24.3 Å². The highest BCUT2D eigenvalue weighted by Crippen LogP contribution is 2.12. The SMILES string of the molecule is Cc1cccc(OCCC(NC(C)C)C(=O)O)c1. The molecule has 0 saturated carbocycles. The molecule has 0 aliphatic carbocycles. The lowest BCUT2D eigenvalue weighted by atomic mass is 10.2. The molecule has 100 valence electrons. The normalized spacial score (nSPS) is 12.4. The lowest BCUT2D eigenvalue weighted by molar-refractivity contribution is -0.140. The van der Waals surface area contributed by atoms with E-state index >= 15 is 0 Å². The highest BCUT2D eigenvalue weighted by Gasteiger charge is 2.17. The minimum atomic E-state index is -0.837. The van der Waals surface area contributed by atoms with Crippen molar-refractivity contribution in [1.82, 2.24) is 5.32 Å². The minimum Gasteiger partial charge on any atom is -0.494 e. The number of carboxylic acids is 1. The fraction of sp³-hybridized carbons (Fsp3) is 0.500. The molecular weight excluding hydrogens is 230 g/mol. The smallest absolute Gasteiger partial charge is 0.320 e. The van der Waals surface area contributed by atoms with Gasteiger partial charge in [0.15, 0.2) is 0 Å². The maximum Gasteiger partial charge on any atom is 0.320 e. The summed E-state index contributed by atoms with van der Waals surface area (Å²) in [7, 11) is 0. The molecule has 4 heteroatoms. The van der Waals surface area contributed by atoms with Gasteiger partial charge in [0, 0.05) is 12.5 Å². The van der Waals surface area contributed by atoms with Crippen molar-refractivity contribution in [1.29, 1.82) is 0 Å². The molecule has 2 N–H and O–H groups in total. The van der Waals surface area contributed by atoms with Gasteiger partial charge >= 0.3 is 5.97 Å². The summed E-state index contributed by atoms with van der Waals surface area (Å²) in [4.78, 5) is 11.0. The van der Waals surface area contributed by atoms with Crippen molar-refractivity contribution in [2.75, 3.05) is 6.61 Å². The van der Waals surface area contributed by atoms with Crippen LogP contribution in [-0.2, 0) is 4.79 Å². The van der Waals surface area contributed by atoms with E-state index in [1.165, 1.54) is 0 Å². The summed E-state index contributed by atoms with van der Waals surface area (Å²) in [5.41, 5.74) is 1.13. The van der Waals surface area contributed by atoms with Gasteiger partial charge in [-0.1, -0.05) is 26.0 Å². The van der Waals surface area contributed by atoms with Gasteiger partial charge in [0.25, 0.3) is 0 Å². The molecule has 0 saturated heterocycles. The Morgan fingerprint density at radius 2 is 2.17 bits per heavy atom. The summed E-state index contributed by atoms with van der Waals surface area (Å²) in [5, 5.41) is 12.0. The number of carboxylic acid groups (broad SMARTS) is 1. The van der Waals surface area contributed by atoms with Crippen LogP contribution in [0, 0.1) is 6.92 Å². The molecule has 0 radical (unpaired) electrons. The van der Waals surface area contributed by atoms with Crippen LogP contribution in [0.4, 0.5) is 0 Å². The Balaban J connectivity index is 2.41. The zero-order valence-electron chi connectivity index (χ0n) is 11.1. The Kier molecular flexibility index (Phi) is 5.65. The van der Waals surface area contributed by atoms with Gasteiger partial charge in [-0.15, -0.1) is 0 Å². The number of carbonyl (C=O) groups is 1. The number of ether oxygens (including phenoxy) is 1. The van der Waals surface area contributed by atoms with Crippen LogP contribution in [0.1, 0.15) is 25.8 Å². The third-order valence-electron chi connectivity index (χ3n) is 2.50. The van der Waals surface area contributed by atoms with Gasteiger partial charge < -0.3 is 15.2 Å². The highest BCUT2D eigenvalue weighted by molar-refractivity contribution is 5.73. The first-order valence-corrected chi connectivity index (χ1v) is 6.17. The van der Waals surface area contributed by atoms with Crippen molar-refractivity contribution in [2.45, 2.75) is 39.3 Å². The molecule has 1 atom stereocenters. The summed E-state index contributed by atoms with van der Waals surface area (Å²) in [6.45, 7) is 6.24. The molecule has 0 heterocycles. The van der Waals surface area contributed by atoms with Gasteiger partial charge in [0.1, 0.15) is 11.8 Å². The van der Waals surface area contributed by atoms with Crippen LogP contribution in [0.25, 0.3) is 0 Å². The quantitative estimate of drug-likeness (QED) is 0.780. The molecule has 4 nitrogen and oxygen atoms in total. The van der Waals surface area contributed by atoms with Gasteiger partial charge in [-0.2, -0.15) is 0 Å². The molecule has 0 spiro atoms. The summed E-state index contributed by atoms with van der Waals surface area (Å²) in [6, 6.07) is 7.31. The molecule has 0 amide bonds. The highest BCUT2D eigenvalue weighted by atomic mass is 16.5. The Morgan fingerprint density at radius 3 is 2.72 bits per heavy atom. The largest absolute Gasteiger partial charge is 0.494 e. The summed E-state index contributed by atoms with van der Waals surface area (Å²) < 4.78 is 5.55. The Bertz CT molecular complexity index is 390. The molecule has 1 unspecified atom stereocenters. The molecule has 18 heavy (non-hydrogen) atoms. The lowest BCUT2D eigenvalue weighted by Gasteiger charge is -2.17. The van der Waals surface area contributed by atoms with Gasteiger partial charge in [-0.25, -0.2) is 0 Å². The van der Waals surface area contributed by atoms with Gasteiger partial charge in [0.2, 0.25) is 0 Å². The Labute approximate surface area is 108 Å². The second-order valence-electron chi connectivity index (χ2n) is 4.67. The first kappa shape index (κ1) is 14.5. The lowest BCUT2D eigenvalue weighted by Crippen LogP contribution is -2.41. The minimum absolute atomic E-state index is 0.144. The van der Waals surface area contributed by atoms with Crippen LogP contribution in [0.5, 0.6) is 5.75 Å². The standard InChI is InChI=1S/C14H21NO3/c1-10(2)15-13(14(16)17)7-8-18-12-6-4-5-11(3)9-12/h4-6,9-10,13,15H,7-8H2,1-3H3,(H,16,17). The fourth-order valence-corrected chi connectivity index (χ4v) is 1.68. The van der Waals surface area contributed by atoms with E-state index in [2.05, 4.69) is 5.32 Å². The molecule has 0 aliphatic heterocycles. The van der Waals surface area contributed by atoms with E-state index < -0.39 is 12.0 Å². The van der Waals surface area contributed by atoms with Gasteiger partial charge in [-0.3, -0.25) is 4.79 Å². The molecule has 0 aliphatic rings. The molecular formula is C14H21NO3. The fourth-order valence-electron chi connectivity index (χ4n) is 1.68. The Hall–Kier alpha value is -1.55. The molecule has 1 rings (SSSR count). The number of hydrogen-bond acceptors (Lipinski definition) is 3. The molecule has 0 bridgehead atoms. The number of nitrogens with one attached hydrogen (secondary N) is 1. The third kappa shape index (κ3) is 5.19. The summed E-state index contributed by atoms with van der Waals surface area (Å²) in [6.07, 6.45) is 0.446. The monoisotopic (exact) mass is 251 g/mol. The van der Waals surface area contributed by atoms with E-state index in [-0.39, 0.29) is 6.04 Å². The van der Waals surface area contributed by atoms with Crippen LogP contribution in [-0.4, -0.2) is 29.8 Å². The zero-order valence-corrected chi connectivity index (χ0v) is 11.1. The molecule has 1 aromatic carbocycles. The van der Waals surface area contributed by atoms with Crippen LogP contribution < -0.4 is 10.1 Å². The topological polar surface area (TPSA) is 58.6 Å².